The van der Waals surface area contributed by atoms with Crippen LogP contribution in [-0.4, -0.2) is 30.4 Å². The van der Waals surface area contributed by atoms with Crippen LogP contribution in [0.15, 0.2) is 18.2 Å². The number of esters is 1. The highest BCUT2D eigenvalue weighted by atomic mass is 16.6. The molecule has 0 saturated heterocycles. The van der Waals surface area contributed by atoms with Crippen LogP contribution in [0.1, 0.15) is 37.8 Å². The number of aryl methyl sites for hydroxylation is 1. The Labute approximate surface area is 114 Å². The van der Waals surface area contributed by atoms with Crippen LogP contribution in [0.3, 0.4) is 0 Å². The summed E-state index contributed by atoms with van der Waals surface area (Å²) < 4.78 is 10.0. The Balaban J connectivity index is 2.81. The van der Waals surface area contributed by atoms with Crippen LogP contribution in [0.5, 0.6) is 5.75 Å². The lowest BCUT2D eigenvalue weighted by atomic mass is 10.0. The van der Waals surface area contributed by atoms with E-state index in [1.165, 1.54) is 14.0 Å². The SMILES string of the molecule is COC(=O)C(C)(O)COc1cc(C)cc(C(C)C)c1. The lowest BCUT2D eigenvalue weighted by Crippen LogP contribution is -2.42. The number of hydrogen-bond donors (Lipinski definition) is 1. The van der Waals surface area contributed by atoms with Gasteiger partial charge < -0.3 is 14.6 Å². The van der Waals surface area contributed by atoms with Crippen molar-refractivity contribution in [1.82, 2.24) is 0 Å². The van der Waals surface area contributed by atoms with Crippen molar-refractivity contribution in [3.8, 4) is 5.75 Å². The number of carbonyl (C=O) groups is 1. The number of ether oxygens (including phenoxy) is 2. The minimum absolute atomic E-state index is 0.138. The van der Waals surface area contributed by atoms with Crippen molar-refractivity contribution in [2.24, 2.45) is 0 Å². The van der Waals surface area contributed by atoms with E-state index in [0.29, 0.717) is 11.7 Å². The lowest BCUT2D eigenvalue weighted by molar-refractivity contribution is -0.163. The Morgan fingerprint density at radius 2 is 2.00 bits per heavy atom. The zero-order valence-electron chi connectivity index (χ0n) is 12.2. The van der Waals surface area contributed by atoms with Crippen LogP contribution in [0.25, 0.3) is 0 Å². The highest BCUT2D eigenvalue weighted by Crippen LogP contribution is 2.23. The van der Waals surface area contributed by atoms with Crippen molar-refractivity contribution < 1.29 is 19.4 Å². The first-order chi connectivity index (χ1) is 8.76. The standard InChI is InChI=1S/C15H22O4/c1-10(2)12-6-11(3)7-13(8-12)19-9-15(4,17)14(16)18-5/h6-8,10,17H,9H2,1-5H3. The Bertz CT molecular complexity index is 449. The molecule has 4 nitrogen and oxygen atoms in total. The normalized spacial score (nSPS) is 14.1. The monoisotopic (exact) mass is 266 g/mol. The molecule has 0 fully saturated rings. The first kappa shape index (κ1) is 15.5. The predicted molar refractivity (Wildman–Crippen MR) is 73.4 cm³/mol. The Hall–Kier alpha value is -1.55. The molecule has 0 aliphatic rings. The van der Waals surface area contributed by atoms with E-state index in [9.17, 15) is 9.90 Å². The van der Waals surface area contributed by atoms with Crippen LogP contribution < -0.4 is 4.74 Å². The average molecular weight is 266 g/mol. The molecule has 1 N–H and O–H groups in total. The van der Waals surface area contributed by atoms with E-state index in [-0.39, 0.29) is 6.61 Å². The van der Waals surface area contributed by atoms with Gasteiger partial charge in [-0.05, 0) is 43.0 Å². The number of aliphatic hydroxyl groups is 1. The molecule has 1 atom stereocenters. The van der Waals surface area contributed by atoms with Gasteiger partial charge in [-0.3, -0.25) is 0 Å². The molecule has 1 rings (SSSR count). The highest BCUT2D eigenvalue weighted by molar-refractivity contribution is 5.78. The van der Waals surface area contributed by atoms with Crippen LogP contribution in [-0.2, 0) is 9.53 Å². The quantitative estimate of drug-likeness (QED) is 0.832. The summed E-state index contributed by atoms with van der Waals surface area (Å²) in [5.41, 5.74) is 0.600. The number of methoxy groups -OCH3 is 1. The van der Waals surface area contributed by atoms with Crippen molar-refractivity contribution in [2.75, 3.05) is 13.7 Å². The van der Waals surface area contributed by atoms with E-state index in [4.69, 9.17) is 4.74 Å². The number of carbonyl (C=O) groups excluding carboxylic acids is 1. The Morgan fingerprint density at radius 1 is 1.37 bits per heavy atom. The third kappa shape index (κ3) is 4.24. The number of rotatable bonds is 5. The van der Waals surface area contributed by atoms with Gasteiger partial charge in [0.2, 0.25) is 0 Å². The van der Waals surface area contributed by atoms with E-state index >= 15 is 0 Å². The van der Waals surface area contributed by atoms with E-state index in [0.717, 1.165) is 11.1 Å². The molecule has 0 aliphatic carbocycles. The van der Waals surface area contributed by atoms with Gasteiger partial charge in [0.1, 0.15) is 12.4 Å². The van der Waals surface area contributed by atoms with Gasteiger partial charge in [0.25, 0.3) is 0 Å². The fourth-order valence-corrected chi connectivity index (χ4v) is 1.70. The summed E-state index contributed by atoms with van der Waals surface area (Å²) in [7, 11) is 1.24. The van der Waals surface area contributed by atoms with E-state index in [1.807, 2.05) is 19.1 Å². The minimum atomic E-state index is -1.64. The van der Waals surface area contributed by atoms with Crippen LogP contribution >= 0.6 is 0 Å². The van der Waals surface area contributed by atoms with E-state index < -0.39 is 11.6 Å². The maximum absolute atomic E-state index is 11.3. The molecule has 1 aromatic rings. The maximum atomic E-state index is 11.3. The topological polar surface area (TPSA) is 55.8 Å². The molecule has 0 aromatic heterocycles. The van der Waals surface area contributed by atoms with Gasteiger partial charge in [0.15, 0.2) is 5.60 Å². The van der Waals surface area contributed by atoms with Crippen molar-refractivity contribution in [3.63, 3.8) is 0 Å². The molecule has 4 heteroatoms. The van der Waals surface area contributed by atoms with Gasteiger partial charge in [-0.2, -0.15) is 0 Å². The van der Waals surface area contributed by atoms with E-state index in [2.05, 4.69) is 24.7 Å². The molecule has 0 bridgehead atoms. The van der Waals surface area contributed by atoms with Gasteiger partial charge in [0, 0.05) is 0 Å². The summed E-state index contributed by atoms with van der Waals surface area (Å²) in [6.45, 7) is 7.42. The molecule has 19 heavy (non-hydrogen) atoms. The van der Waals surface area contributed by atoms with Crippen molar-refractivity contribution in [1.29, 1.82) is 0 Å². The average Bonchev–Trinajstić information content (AvgIpc) is 2.34. The first-order valence-electron chi connectivity index (χ1n) is 6.31. The largest absolute Gasteiger partial charge is 0.490 e. The number of benzene rings is 1. The van der Waals surface area contributed by atoms with Crippen molar-refractivity contribution >= 4 is 5.97 Å². The first-order valence-corrected chi connectivity index (χ1v) is 6.31. The van der Waals surface area contributed by atoms with Gasteiger partial charge in [0.05, 0.1) is 7.11 Å². The zero-order chi connectivity index (χ0) is 14.6. The van der Waals surface area contributed by atoms with Crippen LogP contribution in [0.4, 0.5) is 0 Å². The van der Waals surface area contributed by atoms with Crippen LogP contribution in [0, 0.1) is 6.92 Å². The molecular formula is C15H22O4. The molecule has 1 unspecified atom stereocenters. The summed E-state index contributed by atoms with van der Waals surface area (Å²) in [6, 6.07) is 5.89. The van der Waals surface area contributed by atoms with Gasteiger partial charge >= 0.3 is 5.97 Å². The second-order valence-electron chi connectivity index (χ2n) is 5.29. The second-order valence-corrected chi connectivity index (χ2v) is 5.29. The zero-order valence-corrected chi connectivity index (χ0v) is 12.2. The second kappa shape index (κ2) is 6.06. The Morgan fingerprint density at radius 3 is 2.53 bits per heavy atom. The summed E-state index contributed by atoms with van der Waals surface area (Å²) in [5.74, 6) is 0.334. The van der Waals surface area contributed by atoms with Crippen LogP contribution in [0.2, 0.25) is 0 Å². The predicted octanol–water partition coefficient (Wildman–Crippen LogP) is 2.42. The van der Waals surface area contributed by atoms with Crippen molar-refractivity contribution in [2.45, 2.75) is 39.2 Å². The molecule has 0 heterocycles. The lowest BCUT2D eigenvalue weighted by Gasteiger charge is -2.21. The third-order valence-corrected chi connectivity index (χ3v) is 2.88. The molecule has 0 radical (unpaired) electrons. The summed E-state index contributed by atoms with van der Waals surface area (Å²) >= 11 is 0. The third-order valence-electron chi connectivity index (χ3n) is 2.88. The summed E-state index contributed by atoms with van der Waals surface area (Å²) in [6.07, 6.45) is 0. The summed E-state index contributed by atoms with van der Waals surface area (Å²) in [4.78, 5) is 11.3. The molecular weight excluding hydrogens is 244 g/mol. The van der Waals surface area contributed by atoms with E-state index in [1.54, 1.807) is 0 Å². The van der Waals surface area contributed by atoms with Crippen molar-refractivity contribution in [3.05, 3.63) is 29.3 Å². The van der Waals surface area contributed by atoms with Gasteiger partial charge in [-0.25, -0.2) is 4.79 Å². The Kier molecular flexibility index (Phi) is 4.95. The van der Waals surface area contributed by atoms with Gasteiger partial charge in [-0.1, -0.05) is 19.9 Å². The smallest absolute Gasteiger partial charge is 0.341 e. The molecule has 0 amide bonds. The molecule has 0 spiro atoms. The fraction of sp³-hybridized carbons (Fsp3) is 0.533. The molecule has 1 aromatic carbocycles. The molecule has 106 valence electrons. The highest BCUT2D eigenvalue weighted by Gasteiger charge is 2.32. The minimum Gasteiger partial charge on any atom is -0.490 e. The fourth-order valence-electron chi connectivity index (χ4n) is 1.70. The van der Waals surface area contributed by atoms with Gasteiger partial charge in [-0.15, -0.1) is 0 Å². The molecule has 0 aliphatic heterocycles. The number of hydrogen-bond acceptors (Lipinski definition) is 4. The maximum Gasteiger partial charge on any atom is 0.341 e. The molecule has 0 saturated carbocycles. The summed E-state index contributed by atoms with van der Waals surface area (Å²) in [5, 5.41) is 9.89.